The van der Waals surface area contributed by atoms with E-state index < -0.39 is 0 Å². The SMILES string of the molecule is Cc1ccc2nc(N3CCCC(C(=O)NCc4ccc(Cl)cc4)C3)[nH]c2c1. The summed E-state index contributed by atoms with van der Waals surface area (Å²) < 4.78 is 0. The van der Waals surface area contributed by atoms with Crippen molar-refractivity contribution in [3.8, 4) is 0 Å². The average Bonchev–Trinajstić information content (AvgIpc) is 3.10. The summed E-state index contributed by atoms with van der Waals surface area (Å²) >= 11 is 5.91. The number of H-pyrrole nitrogens is 1. The molecule has 1 aromatic heterocycles. The Bertz CT molecular complexity index is 950. The summed E-state index contributed by atoms with van der Waals surface area (Å²) in [5, 5.41) is 3.76. The fourth-order valence-corrected chi connectivity index (χ4v) is 3.71. The van der Waals surface area contributed by atoms with Crippen LogP contribution in [-0.4, -0.2) is 29.0 Å². The molecule has 1 atom stereocenters. The van der Waals surface area contributed by atoms with Gasteiger partial charge in [0.1, 0.15) is 0 Å². The molecule has 0 saturated carbocycles. The Hall–Kier alpha value is -2.53. The number of piperidine rings is 1. The number of nitrogens with one attached hydrogen (secondary N) is 2. The fourth-order valence-electron chi connectivity index (χ4n) is 3.58. The molecule has 5 nitrogen and oxygen atoms in total. The molecule has 0 radical (unpaired) electrons. The maximum absolute atomic E-state index is 12.6. The van der Waals surface area contributed by atoms with Crippen molar-refractivity contribution in [2.75, 3.05) is 18.0 Å². The van der Waals surface area contributed by atoms with Crippen LogP contribution in [0.15, 0.2) is 42.5 Å². The van der Waals surface area contributed by atoms with Crippen LogP contribution in [0.1, 0.15) is 24.0 Å². The number of aromatic amines is 1. The van der Waals surface area contributed by atoms with Crippen LogP contribution in [0, 0.1) is 12.8 Å². The molecule has 0 bridgehead atoms. The lowest BCUT2D eigenvalue weighted by molar-refractivity contribution is -0.125. The maximum Gasteiger partial charge on any atom is 0.225 e. The molecule has 1 aliphatic rings. The lowest BCUT2D eigenvalue weighted by Gasteiger charge is -2.31. The molecule has 1 saturated heterocycles. The van der Waals surface area contributed by atoms with E-state index in [1.807, 2.05) is 30.3 Å². The molecule has 140 valence electrons. The summed E-state index contributed by atoms with van der Waals surface area (Å²) in [5.74, 6) is 0.924. The lowest BCUT2D eigenvalue weighted by Crippen LogP contribution is -2.43. The van der Waals surface area contributed by atoms with Gasteiger partial charge < -0.3 is 15.2 Å². The van der Waals surface area contributed by atoms with Crippen LogP contribution < -0.4 is 10.2 Å². The van der Waals surface area contributed by atoms with Crippen LogP contribution in [-0.2, 0) is 11.3 Å². The molecular weight excluding hydrogens is 360 g/mol. The minimum atomic E-state index is -0.0269. The molecule has 1 amide bonds. The van der Waals surface area contributed by atoms with E-state index in [1.165, 1.54) is 5.56 Å². The van der Waals surface area contributed by atoms with E-state index in [-0.39, 0.29) is 11.8 Å². The Morgan fingerprint density at radius 2 is 2.11 bits per heavy atom. The first-order valence-electron chi connectivity index (χ1n) is 9.32. The first kappa shape index (κ1) is 17.9. The number of carbonyl (C=O) groups is 1. The largest absolute Gasteiger partial charge is 0.352 e. The predicted octanol–water partition coefficient (Wildman–Crippen LogP) is 4.06. The number of imidazole rings is 1. The normalized spacial score (nSPS) is 17.3. The lowest BCUT2D eigenvalue weighted by atomic mass is 9.97. The van der Waals surface area contributed by atoms with Crippen molar-refractivity contribution < 1.29 is 4.79 Å². The molecule has 2 heterocycles. The summed E-state index contributed by atoms with van der Waals surface area (Å²) in [6.07, 6.45) is 1.89. The average molecular weight is 383 g/mol. The van der Waals surface area contributed by atoms with Crippen LogP contribution in [0.2, 0.25) is 5.02 Å². The highest BCUT2D eigenvalue weighted by Gasteiger charge is 2.27. The summed E-state index contributed by atoms with van der Waals surface area (Å²) in [7, 11) is 0. The van der Waals surface area contributed by atoms with Crippen molar-refractivity contribution in [2.24, 2.45) is 5.92 Å². The second-order valence-corrected chi connectivity index (χ2v) is 7.65. The third-order valence-corrected chi connectivity index (χ3v) is 5.35. The van der Waals surface area contributed by atoms with Gasteiger partial charge in [0.15, 0.2) is 0 Å². The molecule has 3 aromatic rings. The number of benzene rings is 2. The number of anilines is 1. The highest BCUT2D eigenvalue weighted by Crippen LogP contribution is 2.24. The minimum absolute atomic E-state index is 0.0269. The van der Waals surface area contributed by atoms with Gasteiger partial charge in [-0.15, -0.1) is 0 Å². The molecular formula is C21H23ClN4O. The first-order chi connectivity index (χ1) is 13.1. The third-order valence-electron chi connectivity index (χ3n) is 5.10. The van der Waals surface area contributed by atoms with Gasteiger partial charge in [0.25, 0.3) is 0 Å². The second kappa shape index (κ2) is 7.61. The Balaban J connectivity index is 1.40. The summed E-state index contributed by atoms with van der Waals surface area (Å²) in [6, 6.07) is 13.8. The summed E-state index contributed by atoms with van der Waals surface area (Å²) in [5.41, 5.74) is 4.26. The number of fused-ring (bicyclic) bond motifs is 1. The number of amides is 1. The fraction of sp³-hybridized carbons (Fsp3) is 0.333. The number of aryl methyl sites for hydroxylation is 1. The highest BCUT2D eigenvalue weighted by atomic mass is 35.5. The first-order valence-corrected chi connectivity index (χ1v) is 9.70. The molecule has 4 rings (SSSR count). The Morgan fingerprint density at radius 1 is 1.30 bits per heavy atom. The smallest absolute Gasteiger partial charge is 0.225 e. The molecule has 0 spiro atoms. The Labute approximate surface area is 163 Å². The van der Waals surface area contributed by atoms with Gasteiger partial charge in [-0.3, -0.25) is 4.79 Å². The van der Waals surface area contributed by atoms with Crippen LogP contribution >= 0.6 is 11.6 Å². The molecule has 1 fully saturated rings. The molecule has 2 N–H and O–H groups in total. The van der Waals surface area contributed by atoms with Crippen molar-refractivity contribution in [2.45, 2.75) is 26.3 Å². The van der Waals surface area contributed by atoms with Crippen LogP contribution in [0.3, 0.4) is 0 Å². The van der Waals surface area contributed by atoms with Gasteiger partial charge in [-0.25, -0.2) is 4.98 Å². The van der Waals surface area contributed by atoms with Gasteiger partial charge in [0, 0.05) is 24.7 Å². The van der Waals surface area contributed by atoms with Gasteiger partial charge in [-0.1, -0.05) is 29.8 Å². The predicted molar refractivity (Wildman–Crippen MR) is 109 cm³/mol. The van der Waals surface area contributed by atoms with Crippen molar-refractivity contribution in [3.63, 3.8) is 0 Å². The quantitative estimate of drug-likeness (QED) is 0.715. The Morgan fingerprint density at radius 3 is 2.93 bits per heavy atom. The maximum atomic E-state index is 12.6. The van der Waals surface area contributed by atoms with E-state index in [0.29, 0.717) is 18.1 Å². The van der Waals surface area contributed by atoms with E-state index in [4.69, 9.17) is 16.6 Å². The van der Waals surface area contributed by atoms with Crippen LogP contribution in [0.25, 0.3) is 11.0 Å². The van der Waals surface area contributed by atoms with Gasteiger partial charge in [0.2, 0.25) is 11.9 Å². The number of hydrogen-bond donors (Lipinski definition) is 2. The van der Waals surface area contributed by atoms with E-state index in [0.717, 1.165) is 41.9 Å². The summed E-state index contributed by atoms with van der Waals surface area (Å²) in [6.45, 7) is 4.20. The van der Waals surface area contributed by atoms with E-state index in [1.54, 1.807) is 0 Å². The van der Waals surface area contributed by atoms with E-state index in [9.17, 15) is 4.79 Å². The highest BCUT2D eigenvalue weighted by molar-refractivity contribution is 6.30. The molecule has 1 aliphatic heterocycles. The number of rotatable bonds is 4. The second-order valence-electron chi connectivity index (χ2n) is 7.21. The van der Waals surface area contributed by atoms with Crippen molar-refractivity contribution in [1.82, 2.24) is 15.3 Å². The molecule has 2 aromatic carbocycles. The number of hydrogen-bond acceptors (Lipinski definition) is 3. The molecule has 0 aliphatic carbocycles. The minimum Gasteiger partial charge on any atom is -0.352 e. The standard InChI is InChI=1S/C21H23ClN4O/c1-14-4-9-18-19(11-14)25-21(24-18)26-10-2-3-16(13-26)20(27)23-12-15-5-7-17(22)8-6-15/h4-9,11,16H,2-3,10,12-13H2,1H3,(H,23,27)(H,24,25). The van der Waals surface area contributed by atoms with Crippen molar-refractivity contribution >= 4 is 34.5 Å². The summed E-state index contributed by atoms with van der Waals surface area (Å²) in [4.78, 5) is 22.9. The zero-order valence-corrected chi connectivity index (χ0v) is 16.1. The molecule has 1 unspecified atom stereocenters. The monoisotopic (exact) mass is 382 g/mol. The van der Waals surface area contributed by atoms with Gasteiger partial charge in [-0.2, -0.15) is 0 Å². The van der Waals surface area contributed by atoms with Crippen molar-refractivity contribution in [1.29, 1.82) is 0 Å². The number of aromatic nitrogens is 2. The molecule has 6 heteroatoms. The van der Waals surface area contributed by atoms with E-state index >= 15 is 0 Å². The van der Waals surface area contributed by atoms with E-state index in [2.05, 4.69) is 34.3 Å². The van der Waals surface area contributed by atoms with Gasteiger partial charge in [0.05, 0.1) is 17.0 Å². The molecule has 27 heavy (non-hydrogen) atoms. The van der Waals surface area contributed by atoms with Crippen molar-refractivity contribution in [3.05, 3.63) is 58.6 Å². The van der Waals surface area contributed by atoms with Gasteiger partial charge >= 0.3 is 0 Å². The topological polar surface area (TPSA) is 61.0 Å². The zero-order chi connectivity index (χ0) is 18.8. The van der Waals surface area contributed by atoms with Crippen LogP contribution in [0.4, 0.5) is 5.95 Å². The zero-order valence-electron chi connectivity index (χ0n) is 15.3. The van der Waals surface area contributed by atoms with Crippen LogP contribution in [0.5, 0.6) is 0 Å². The number of carbonyl (C=O) groups excluding carboxylic acids is 1. The Kier molecular flexibility index (Phi) is 5.03. The third kappa shape index (κ3) is 4.08. The number of nitrogens with zero attached hydrogens (tertiary/aromatic N) is 2. The number of halogens is 1. The van der Waals surface area contributed by atoms with Gasteiger partial charge in [-0.05, 0) is 55.2 Å².